The van der Waals surface area contributed by atoms with Crippen molar-refractivity contribution >= 4 is 34.8 Å². The van der Waals surface area contributed by atoms with E-state index in [0.717, 1.165) is 24.0 Å². The van der Waals surface area contributed by atoms with Crippen LogP contribution in [-0.4, -0.2) is 55.0 Å². The lowest BCUT2D eigenvalue weighted by Crippen LogP contribution is -2.47. The monoisotopic (exact) mass is 420 g/mol. The number of rotatable bonds is 7. The van der Waals surface area contributed by atoms with Crippen LogP contribution >= 0.6 is 22.9 Å². The van der Waals surface area contributed by atoms with Crippen molar-refractivity contribution in [1.82, 2.24) is 9.80 Å². The van der Waals surface area contributed by atoms with Crippen LogP contribution in [0.5, 0.6) is 0 Å². The zero-order chi connectivity index (χ0) is 20.1. The first kappa shape index (κ1) is 20.8. The summed E-state index contributed by atoms with van der Waals surface area (Å²) in [5, 5.41) is 2.75. The molecule has 28 heavy (non-hydrogen) atoms. The van der Waals surface area contributed by atoms with Gasteiger partial charge in [0.05, 0.1) is 12.6 Å². The third-order valence-electron chi connectivity index (χ3n) is 4.91. The summed E-state index contributed by atoms with van der Waals surface area (Å²) < 4.78 is 4.97. The fraction of sp³-hybridized carbons (Fsp3) is 0.429. The molecule has 150 valence electrons. The van der Waals surface area contributed by atoms with Gasteiger partial charge in [0.1, 0.15) is 6.61 Å². The summed E-state index contributed by atoms with van der Waals surface area (Å²) in [6.45, 7) is 3.23. The minimum absolute atomic E-state index is 0.0113. The minimum Gasteiger partial charge on any atom is -0.375 e. The van der Waals surface area contributed by atoms with Gasteiger partial charge >= 0.3 is 0 Å². The summed E-state index contributed by atoms with van der Waals surface area (Å²) in [5.74, 6) is -0.205. The van der Waals surface area contributed by atoms with Crippen LogP contribution in [0.2, 0.25) is 5.02 Å². The second-order valence-electron chi connectivity index (χ2n) is 6.84. The molecule has 3 rings (SSSR count). The van der Waals surface area contributed by atoms with Crippen LogP contribution in [0.1, 0.15) is 35.4 Å². The lowest BCUT2D eigenvalue weighted by molar-refractivity contribution is -0.143. The van der Waals surface area contributed by atoms with E-state index in [1.165, 1.54) is 12.0 Å². The predicted octanol–water partition coefficient (Wildman–Crippen LogP) is 3.76. The fourth-order valence-electron chi connectivity index (χ4n) is 3.62. The number of amides is 2. The van der Waals surface area contributed by atoms with Gasteiger partial charge in [-0.1, -0.05) is 30.7 Å². The van der Waals surface area contributed by atoms with Gasteiger partial charge < -0.3 is 14.5 Å². The molecule has 0 fully saturated rings. The number of thiophene rings is 1. The molecule has 7 heteroatoms. The average Bonchev–Trinajstić information content (AvgIpc) is 3.16. The second kappa shape index (κ2) is 9.54. The Bertz CT molecular complexity index is 821. The zero-order valence-electron chi connectivity index (χ0n) is 16.2. The molecule has 2 heterocycles. The van der Waals surface area contributed by atoms with Crippen LogP contribution < -0.4 is 0 Å². The van der Waals surface area contributed by atoms with E-state index in [1.54, 1.807) is 16.2 Å². The number of carbonyl (C=O) groups is 2. The third-order valence-corrected chi connectivity index (χ3v) is 6.16. The number of nitrogens with zero attached hydrogens (tertiary/aromatic N) is 2. The fourth-order valence-corrected chi connectivity index (χ4v) is 4.65. The molecule has 1 aliphatic rings. The lowest BCUT2D eigenvalue weighted by Gasteiger charge is -2.37. The summed E-state index contributed by atoms with van der Waals surface area (Å²) in [4.78, 5) is 30.3. The highest BCUT2D eigenvalue weighted by atomic mass is 35.5. The molecular formula is C21H25ClN2O3S. The molecule has 0 N–H and O–H groups in total. The molecule has 0 bridgehead atoms. The maximum Gasteiger partial charge on any atom is 0.249 e. The number of fused-ring (bicyclic) bond motifs is 1. The molecule has 1 atom stereocenters. The molecule has 1 aromatic heterocycles. The smallest absolute Gasteiger partial charge is 0.249 e. The SMILES string of the molecule is CCCN(CC(=O)N1CCc2sccc2[C@H]1c1ccc(Cl)cc1)C(=O)COC. The van der Waals surface area contributed by atoms with E-state index in [-0.39, 0.29) is 31.0 Å². The van der Waals surface area contributed by atoms with Gasteiger partial charge in [0.15, 0.2) is 0 Å². The van der Waals surface area contributed by atoms with Gasteiger partial charge in [-0.05, 0) is 47.5 Å². The molecule has 0 aliphatic carbocycles. The molecule has 0 saturated heterocycles. The van der Waals surface area contributed by atoms with Crippen LogP contribution in [0.4, 0.5) is 0 Å². The first-order valence-corrected chi connectivity index (χ1v) is 10.7. The van der Waals surface area contributed by atoms with Gasteiger partial charge in [-0.3, -0.25) is 9.59 Å². The zero-order valence-corrected chi connectivity index (χ0v) is 17.8. The summed E-state index contributed by atoms with van der Waals surface area (Å²) >= 11 is 7.79. The Morgan fingerprint density at radius 1 is 1.29 bits per heavy atom. The number of hydrogen-bond donors (Lipinski definition) is 0. The summed E-state index contributed by atoms with van der Waals surface area (Å²) in [6.07, 6.45) is 1.63. The van der Waals surface area contributed by atoms with Crippen molar-refractivity contribution in [1.29, 1.82) is 0 Å². The normalized spacial score (nSPS) is 16.0. The van der Waals surface area contributed by atoms with E-state index in [4.69, 9.17) is 16.3 Å². The Balaban J connectivity index is 1.87. The standard InChI is InChI=1S/C21H25ClN2O3S/c1-3-10-23(20(26)14-27-2)13-19(25)24-11-8-18-17(9-12-28-18)21(24)15-4-6-16(22)7-5-15/h4-7,9,12,21H,3,8,10-11,13-14H2,1-2H3/t21-/m1/s1. The molecule has 0 saturated carbocycles. The average molecular weight is 421 g/mol. The molecule has 0 spiro atoms. The molecule has 5 nitrogen and oxygen atoms in total. The Labute approximate surface area is 174 Å². The number of halogens is 1. The maximum atomic E-state index is 13.2. The molecule has 2 amide bonds. The summed E-state index contributed by atoms with van der Waals surface area (Å²) in [7, 11) is 1.49. The number of methoxy groups -OCH3 is 1. The van der Waals surface area contributed by atoms with Crippen molar-refractivity contribution in [3.8, 4) is 0 Å². The van der Waals surface area contributed by atoms with E-state index in [9.17, 15) is 9.59 Å². The molecule has 1 aliphatic heterocycles. The van der Waals surface area contributed by atoms with E-state index >= 15 is 0 Å². The van der Waals surface area contributed by atoms with Crippen LogP contribution in [0, 0.1) is 0 Å². The van der Waals surface area contributed by atoms with Crippen molar-refractivity contribution in [3.63, 3.8) is 0 Å². The summed E-state index contributed by atoms with van der Waals surface area (Å²) in [5.41, 5.74) is 2.19. The quantitative estimate of drug-likeness (QED) is 0.685. The van der Waals surface area contributed by atoms with E-state index in [0.29, 0.717) is 18.1 Å². The van der Waals surface area contributed by atoms with Gasteiger partial charge in [-0.25, -0.2) is 0 Å². The maximum absolute atomic E-state index is 13.2. The van der Waals surface area contributed by atoms with Gasteiger partial charge in [0.25, 0.3) is 0 Å². The van der Waals surface area contributed by atoms with Crippen LogP contribution in [0.15, 0.2) is 35.7 Å². The predicted molar refractivity (Wildman–Crippen MR) is 112 cm³/mol. The molecule has 0 radical (unpaired) electrons. The molecular weight excluding hydrogens is 396 g/mol. The minimum atomic E-state index is -0.158. The first-order valence-electron chi connectivity index (χ1n) is 9.43. The highest BCUT2D eigenvalue weighted by Gasteiger charge is 2.33. The highest BCUT2D eigenvalue weighted by molar-refractivity contribution is 7.10. The van der Waals surface area contributed by atoms with Crippen molar-refractivity contribution < 1.29 is 14.3 Å². The Kier molecular flexibility index (Phi) is 7.10. The third kappa shape index (κ3) is 4.57. The molecule has 0 unspecified atom stereocenters. The van der Waals surface area contributed by atoms with E-state index in [2.05, 4.69) is 11.4 Å². The van der Waals surface area contributed by atoms with E-state index in [1.807, 2.05) is 36.1 Å². The second-order valence-corrected chi connectivity index (χ2v) is 8.28. The van der Waals surface area contributed by atoms with Gasteiger partial charge in [-0.2, -0.15) is 0 Å². The Morgan fingerprint density at radius 3 is 2.71 bits per heavy atom. The van der Waals surface area contributed by atoms with Crippen LogP contribution in [0.25, 0.3) is 0 Å². The Morgan fingerprint density at radius 2 is 2.04 bits per heavy atom. The molecule has 2 aromatic rings. The van der Waals surface area contributed by atoms with Crippen molar-refractivity contribution in [3.05, 3.63) is 56.7 Å². The van der Waals surface area contributed by atoms with Crippen LogP contribution in [-0.2, 0) is 20.7 Å². The van der Waals surface area contributed by atoms with Gasteiger partial charge in [-0.15, -0.1) is 11.3 Å². The van der Waals surface area contributed by atoms with Gasteiger partial charge in [0.2, 0.25) is 11.8 Å². The largest absolute Gasteiger partial charge is 0.375 e. The van der Waals surface area contributed by atoms with Gasteiger partial charge in [0, 0.05) is 30.1 Å². The van der Waals surface area contributed by atoms with Crippen molar-refractivity contribution in [2.24, 2.45) is 0 Å². The van der Waals surface area contributed by atoms with E-state index < -0.39 is 0 Å². The number of benzene rings is 1. The van der Waals surface area contributed by atoms with Crippen molar-refractivity contribution in [2.75, 3.05) is 33.4 Å². The topological polar surface area (TPSA) is 49.9 Å². The van der Waals surface area contributed by atoms with Crippen LogP contribution in [0.3, 0.4) is 0 Å². The summed E-state index contributed by atoms with van der Waals surface area (Å²) in [6, 6.07) is 9.59. The first-order chi connectivity index (χ1) is 13.5. The number of ether oxygens (including phenoxy) is 1. The number of carbonyl (C=O) groups excluding carboxylic acids is 2. The number of hydrogen-bond acceptors (Lipinski definition) is 4. The Hall–Kier alpha value is -1.89. The highest BCUT2D eigenvalue weighted by Crippen LogP contribution is 2.38. The van der Waals surface area contributed by atoms with Crippen molar-refractivity contribution in [2.45, 2.75) is 25.8 Å². The lowest BCUT2D eigenvalue weighted by atomic mass is 9.93. The molecule has 1 aromatic carbocycles.